The average molecular weight is 284 g/mol. The normalized spacial score (nSPS) is 13.2. The minimum atomic E-state index is -4.63. The van der Waals surface area contributed by atoms with Crippen molar-refractivity contribution in [1.29, 1.82) is 0 Å². The molecule has 0 bridgehead atoms. The summed E-state index contributed by atoms with van der Waals surface area (Å²) in [7, 11) is 0. The average Bonchev–Trinajstić information content (AvgIpc) is 2.21. The second-order valence-electron chi connectivity index (χ2n) is 4.57. The van der Waals surface area contributed by atoms with E-state index >= 15 is 0 Å². The quantitative estimate of drug-likeness (QED) is 0.784. The third-order valence-corrected chi connectivity index (χ3v) is 2.54. The second kappa shape index (κ2) is 7.20. The van der Waals surface area contributed by atoms with Gasteiger partial charge in [-0.05, 0) is 12.3 Å². The van der Waals surface area contributed by atoms with Crippen LogP contribution in [0.4, 0.5) is 18.0 Å². The van der Waals surface area contributed by atoms with Crippen LogP contribution in [0.1, 0.15) is 27.2 Å². The summed E-state index contributed by atoms with van der Waals surface area (Å²) in [4.78, 5) is 22.4. The van der Waals surface area contributed by atoms with Gasteiger partial charge in [0.15, 0.2) is 0 Å². The molecule has 8 heteroatoms. The van der Waals surface area contributed by atoms with E-state index in [1.54, 1.807) is 6.92 Å². The minimum Gasteiger partial charge on any atom is -0.480 e. The Kier molecular flexibility index (Phi) is 6.64. The molecule has 19 heavy (non-hydrogen) atoms. The molecule has 0 spiro atoms. The van der Waals surface area contributed by atoms with Gasteiger partial charge in [0.1, 0.15) is 13.1 Å². The van der Waals surface area contributed by atoms with E-state index < -0.39 is 31.3 Å². The Hall–Kier alpha value is -1.47. The van der Waals surface area contributed by atoms with Gasteiger partial charge >= 0.3 is 18.2 Å². The van der Waals surface area contributed by atoms with Gasteiger partial charge in [0.2, 0.25) is 0 Å². The molecule has 112 valence electrons. The smallest absolute Gasteiger partial charge is 0.406 e. The molecule has 0 aromatic rings. The fourth-order valence-electron chi connectivity index (χ4n) is 1.57. The molecule has 0 rings (SSSR count). The van der Waals surface area contributed by atoms with Gasteiger partial charge in [0, 0.05) is 6.04 Å². The first-order valence-electron chi connectivity index (χ1n) is 5.90. The van der Waals surface area contributed by atoms with Crippen LogP contribution in [-0.2, 0) is 4.79 Å². The molecule has 0 aromatic carbocycles. The van der Waals surface area contributed by atoms with Crippen molar-refractivity contribution < 1.29 is 27.9 Å². The first-order chi connectivity index (χ1) is 8.56. The van der Waals surface area contributed by atoms with Crippen LogP contribution in [0.2, 0.25) is 0 Å². The molecule has 0 saturated carbocycles. The Balaban J connectivity index is 4.75. The van der Waals surface area contributed by atoms with Crippen LogP contribution in [0, 0.1) is 5.92 Å². The molecule has 0 saturated heterocycles. The number of carbonyl (C=O) groups excluding carboxylic acids is 1. The number of carboxylic acids is 1. The third kappa shape index (κ3) is 7.53. The van der Waals surface area contributed by atoms with Gasteiger partial charge in [-0.2, -0.15) is 13.2 Å². The number of halogens is 3. The number of aliphatic carboxylic acids is 1. The van der Waals surface area contributed by atoms with E-state index in [0.29, 0.717) is 6.42 Å². The molecule has 0 aliphatic carbocycles. The molecular weight excluding hydrogens is 265 g/mol. The molecule has 0 radical (unpaired) electrons. The number of carbonyl (C=O) groups is 2. The van der Waals surface area contributed by atoms with Crippen molar-refractivity contribution in [2.24, 2.45) is 5.92 Å². The molecule has 1 unspecified atom stereocenters. The molecule has 0 fully saturated rings. The Bertz CT molecular complexity index is 319. The number of alkyl halides is 3. The highest BCUT2D eigenvalue weighted by molar-refractivity contribution is 5.80. The maximum absolute atomic E-state index is 12.3. The zero-order valence-electron chi connectivity index (χ0n) is 11.1. The Labute approximate surface area is 109 Å². The van der Waals surface area contributed by atoms with Crippen molar-refractivity contribution in [2.75, 3.05) is 13.1 Å². The molecule has 2 N–H and O–H groups in total. The number of rotatable bonds is 6. The van der Waals surface area contributed by atoms with Gasteiger partial charge < -0.3 is 15.3 Å². The summed E-state index contributed by atoms with van der Waals surface area (Å²) in [6, 6.07) is -1.31. The number of nitrogens with one attached hydrogen (secondary N) is 1. The summed E-state index contributed by atoms with van der Waals surface area (Å²) in [5.74, 6) is -1.44. The van der Waals surface area contributed by atoms with E-state index in [0.717, 1.165) is 0 Å². The van der Waals surface area contributed by atoms with E-state index in [4.69, 9.17) is 5.11 Å². The lowest BCUT2D eigenvalue weighted by Gasteiger charge is -2.27. The largest absolute Gasteiger partial charge is 0.480 e. The zero-order chi connectivity index (χ0) is 15.2. The number of urea groups is 1. The van der Waals surface area contributed by atoms with Crippen molar-refractivity contribution in [3.63, 3.8) is 0 Å². The fourth-order valence-corrected chi connectivity index (χ4v) is 1.57. The van der Waals surface area contributed by atoms with Gasteiger partial charge in [-0.1, -0.05) is 20.8 Å². The Morgan fingerprint density at radius 2 is 1.84 bits per heavy atom. The fraction of sp³-hybridized carbons (Fsp3) is 0.818. The highest BCUT2D eigenvalue weighted by Gasteiger charge is 2.34. The van der Waals surface area contributed by atoms with E-state index in [1.807, 2.05) is 13.8 Å². The van der Waals surface area contributed by atoms with E-state index in [-0.39, 0.29) is 16.9 Å². The lowest BCUT2D eigenvalue weighted by atomic mass is 10.0. The van der Waals surface area contributed by atoms with Crippen LogP contribution in [0.25, 0.3) is 0 Å². The standard InChI is InChI=1S/C11H19F3N2O3/c1-4-8(7(2)3)15-10(19)16(5-9(17)18)6-11(12,13)14/h7-8H,4-6H2,1-3H3,(H,15,19)(H,17,18). The van der Waals surface area contributed by atoms with E-state index in [2.05, 4.69) is 5.32 Å². The summed E-state index contributed by atoms with van der Waals surface area (Å²) < 4.78 is 36.8. The van der Waals surface area contributed by atoms with Gasteiger partial charge in [0.25, 0.3) is 0 Å². The summed E-state index contributed by atoms with van der Waals surface area (Å²) in [5.41, 5.74) is 0. The number of nitrogens with zero attached hydrogens (tertiary/aromatic N) is 1. The monoisotopic (exact) mass is 284 g/mol. The number of hydrogen-bond acceptors (Lipinski definition) is 2. The van der Waals surface area contributed by atoms with Crippen LogP contribution < -0.4 is 5.32 Å². The topological polar surface area (TPSA) is 69.6 Å². The molecule has 0 aliphatic heterocycles. The minimum absolute atomic E-state index is 0.0477. The molecular formula is C11H19F3N2O3. The maximum Gasteiger partial charge on any atom is 0.406 e. The highest BCUT2D eigenvalue weighted by Crippen LogP contribution is 2.17. The van der Waals surface area contributed by atoms with Crippen molar-refractivity contribution >= 4 is 12.0 Å². The summed E-state index contributed by atoms with van der Waals surface area (Å²) in [6.07, 6.45) is -4.08. The Morgan fingerprint density at radius 3 is 2.16 bits per heavy atom. The molecule has 1 atom stereocenters. The highest BCUT2D eigenvalue weighted by atomic mass is 19.4. The Morgan fingerprint density at radius 1 is 1.32 bits per heavy atom. The molecule has 2 amide bonds. The summed E-state index contributed by atoms with van der Waals surface area (Å²) >= 11 is 0. The van der Waals surface area contributed by atoms with Gasteiger partial charge in [-0.3, -0.25) is 4.79 Å². The number of hydrogen-bond donors (Lipinski definition) is 2. The lowest BCUT2D eigenvalue weighted by molar-refractivity contribution is -0.149. The number of carboxylic acid groups (broad SMARTS) is 1. The third-order valence-electron chi connectivity index (χ3n) is 2.54. The first-order valence-corrected chi connectivity index (χ1v) is 5.90. The predicted molar refractivity (Wildman–Crippen MR) is 62.7 cm³/mol. The second-order valence-corrected chi connectivity index (χ2v) is 4.57. The van der Waals surface area contributed by atoms with Crippen LogP contribution >= 0.6 is 0 Å². The van der Waals surface area contributed by atoms with Crippen molar-refractivity contribution in [3.05, 3.63) is 0 Å². The van der Waals surface area contributed by atoms with E-state index in [1.165, 1.54) is 0 Å². The SMILES string of the molecule is CCC(NC(=O)N(CC(=O)O)CC(F)(F)F)C(C)C. The van der Waals surface area contributed by atoms with Crippen LogP contribution in [0.3, 0.4) is 0 Å². The zero-order valence-corrected chi connectivity index (χ0v) is 11.1. The van der Waals surface area contributed by atoms with Crippen molar-refractivity contribution in [1.82, 2.24) is 10.2 Å². The molecule has 0 heterocycles. The molecule has 5 nitrogen and oxygen atoms in total. The van der Waals surface area contributed by atoms with Crippen LogP contribution in [0.5, 0.6) is 0 Å². The van der Waals surface area contributed by atoms with Crippen molar-refractivity contribution in [3.8, 4) is 0 Å². The summed E-state index contributed by atoms with van der Waals surface area (Å²) in [6.45, 7) is 2.86. The van der Waals surface area contributed by atoms with Crippen molar-refractivity contribution in [2.45, 2.75) is 39.4 Å². The first kappa shape index (κ1) is 17.5. The molecule has 0 aliphatic rings. The van der Waals surface area contributed by atoms with Crippen LogP contribution in [0.15, 0.2) is 0 Å². The number of amides is 2. The van der Waals surface area contributed by atoms with Crippen LogP contribution in [-0.4, -0.2) is 47.3 Å². The lowest BCUT2D eigenvalue weighted by Crippen LogP contribution is -2.50. The maximum atomic E-state index is 12.3. The summed E-state index contributed by atoms with van der Waals surface area (Å²) in [5, 5.41) is 11.0. The van der Waals surface area contributed by atoms with Gasteiger partial charge in [-0.15, -0.1) is 0 Å². The molecule has 0 aromatic heterocycles. The van der Waals surface area contributed by atoms with E-state index in [9.17, 15) is 22.8 Å². The van der Waals surface area contributed by atoms with Gasteiger partial charge in [0.05, 0.1) is 0 Å². The van der Waals surface area contributed by atoms with Gasteiger partial charge in [-0.25, -0.2) is 4.79 Å². The predicted octanol–water partition coefficient (Wildman–Crippen LogP) is 2.08.